The van der Waals surface area contributed by atoms with Gasteiger partial charge in [0.2, 0.25) is 0 Å². The minimum absolute atomic E-state index is 0.865. The molecule has 0 bridgehead atoms. The Morgan fingerprint density at radius 2 is 2.00 bits per heavy atom. The summed E-state index contributed by atoms with van der Waals surface area (Å²) in [5.74, 6) is 1.91. The molecular weight excluding hydrogens is 274 g/mol. The molecular formula is C14H13N3S2. The van der Waals surface area contributed by atoms with Gasteiger partial charge >= 0.3 is 0 Å². The fourth-order valence-electron chi connectivity index (χ4n) is 1.88. The van der Waals surface area contributed by atoms with Crippen LogP contribution in [-0.4, -0.2) is 16.2 Å². The first-order chi connectivity index (χ1) is 9.36. The van der Waals surface area contributed by atoms with Crippen molar-refractivity contribution in [2.75, 3.05) is 11.6 Å². The number of rotatable bonds is 4. The van der Waals surface area contributed by atoms with Crippen molar-refractivity contribution in [1.82, 2.24) is 9.97 Å². The third-order valence-corrected chi connectivity index (χ3v) is 4.23. The molecule has 2 heterocycles. The van der Waals surface area contributed by atoms with Gasteiger partial charge in [-0.3, -0.25) is 0 Å². The fraction of sp³-hybridized carbons (Fsp3) is 0.143. The highest BCUT2D eigenvalue weighted by Gasteiger charge is 2.04. The van der Waals surface area contributed by atoms with Crippen LogP contribution in [0, 0.1) is 0 Å². The van der Waals surface area contributed by atoms with Crippen LogP contribution in [0.1, 0.15) is 5.56 Å². The number of hydrogen-bond donors (Lipinski definition) is 1. The molecule has 19 heavy (non-hydrogen) atoms. The van der Waals surface area contributed by atoms with Crippen LogP contribution in [0.15, 0.2) is 42.0 Å². The lowest BCUT2D eigenvalue weighted by Crippen LogP contribution is -1.94. The Labute approximate surface area is 120 Å². The van der Waals surface area contributed by atoms with E-state index in [1.54, 1.807) is 17.7 Å². The number of thioether (sulfide) groups is 1. The van der Waals surface area contributed by atoms with Gasteiger partial charge < -0.3 is 5.32 Å². The molecule has 0 saturated carbocycles. The van der Waals surface area contributed by atoms with E-state index < -0.39 is 0 Å². The first-order valence-electron chi connectivity index (χ1n) is 5.90. The van der Waals surface area contributed by atoms with E-state index in [-0.39, 0.29) is 0 Å². The first-order valence-corrected chi connectivity index (χ1v) is 8.17. The van der Waals surface area contributed by atoms with E-state index in [0.717, 1.165) is 27.5 Å². The molecule has 1 N–H and O–H groups in total. The maximum atomic E-state index is 4.31. The van der Waals surface area contributed by atoms with Crippen LogP contribution >= 0.6 is 23.1 Å². The molecule has 2 aromatic heterocycles. The highest BCUT2D eigenvalue weighted by Crippen LogP contribution is 2.26. The molecule has 0 fully saturated rings. The molecule has 3 nitrogen and oxygen atoms in total. The quantitative estimate of drug-likeness (QED) is 0.776. The molecule has 3 rings (SSSR count). The number of nitrogens with one attached hydrogen (secondary N) is 1. The molecule has 0 unspecified atom stereocenters. The Balaban J connectivity index is 1.86. The molecule has 0 radical (unpaired) electrons. The van der Waals surface area contributed by atoms with Gasteiger partial charge in [-0.25, -0.2) is 9.97 Å². The summed E-state index contributed by atoms with van der Waals surface area (Å²) in [6, 6.07) is 10.5. The summed E-state index contributed by atoms with van der Waals surface area (Å²) < 4.78 is 0. The Hall–Kier alpha value is -1.59. The lowest BCUT2D eigenvalue weighted by molar-refractivity contribution is 1.23. The largest absolute Gasteiger partial charge is 0.340 e. The number of fused-ring (bicyclic) bond motifs is 1. The van der Waals surface area contributed by atoms with Crippen molar-refractivity contribution in [2.45, 2.75) is 5.75 Å². The Morgan fingerprint density at radius 3 is 2.79 bits per heavy atom. The Morgan fingerprint density at radius 1 is 1.16 bits per heavy atom. The number of nitrogens with zero attached hydrogens (tertiary/aromatic N) is 2. The topological polar surface area (TPSA) is 37.8 Å². The maximum Gasteiger partial charge on any atom is 0.142 e. The molecule has 96 valence electrons. The van der Waals surface area contributed by atoms with Gasteiger partial charge in [0.25, 0.3) is 0 Å². The van der Waals surface area contributed by atoms with Gasteiger partial charge in [0, 0.05) is 11.4 Å². The molecule has 0 aliphatic rings. The second-order valence-electron chi connectivity index (χ2n) is 4.12. The summed E-state index contributed by atoms with van der Waals surface area (Å²) in [4.78, 5) is 9.57. The van der Waals surface area contributed by atoms with Crippen molar-refractivity contribution in [3.05, 3.63) is 47.6 Å². The van der Waals surface area contributed by atoms with E-state index in [2.05, 4.69) is 45.8 Å². The van der Waals surface area contributed by atoms with Crippen LogP contribution in [0.25, 0.3) is 10.2 Å². The van der Waals surface area contributed by atoms with Gasteiger partial charge in [-0.1, -0.05) is 12.1 Å². The minimum Gasteiger partial charge on any atom is -0.340 e. The zero-order chi connectivity index (χ0) is 13.1. The number of aromatic nitrogens is 2. The van der Waals surface area contributed by atoms with E-state index in [1.165, 1.54) is 5.56 Å². The number of benzene rings is 1. The van der Waals surface area contributed by atoms with Crippen LogP contribution in [0.4, 0.5) is 11.5 Å². The van der Waals surface area contributed by atoms with Crippen molar-refractivity contribution in [3.8, 4) is 0 Å². The van der Waals surface area contributed by atoms with Crippen LogP contribution in [0.2, 0.25) is 0 Å². The van der Waals surface area contributed by atoms with Gasteiger partial charge in [-0.15, -0.1) is 11.3 Å². The van der Waals surface area contributed by atoms with Crippen LogP contribution in [0.5, 0.6) is 0 Å². The van der Waals surface area contributed by atoms with Gasteiger partial charge in [-0.2, -0.15) is 11.8 Å². The average Bonchev–Trinajstić information content (AvgIpc) is 2.91. The molecule has 0 saturated heterocycles. The highest BCUT2D eigenvalue weighted by atomic mass is 32.2. The monoisotopic (exact) mass is 287 g/mol. The normalized spacial score (nSPS) is 10.8. The smallest absolute Gasteiger partial charge is 0.142 e. The number of anilines is 2. The Kier molecular flexibility index (Phi) is 3.66. The van der Waals surface area contributed by atoms with E-state index in [1.807, 2.05) is 23.2 Å². The zero-order valence-electron chi connectivity index (χ0n) is 10.5. The van der Waals surface area contributed by atoms with E-state index >= 15 is 0 Å². The molecule has 0 amide bonds. The average molecular weight is 287 g/mol. The zero-order valence-corrected chi connectivity index (χ0v) is 12.1. The predicted octanol–water partition coefficient (Wildman–Crippen LogP) is 4.30. The molecule has 0 spiro atoms. The van der Waals surface area contributed by atoms with Crippen molar-refractivity contribution < 1.29 is 0 Å². The van der Waals surface area contributed by atoms with Crippen molar-refractivity contribution in [3.63, 3.8) is 0 Å². The summed E-state index contributed by atoms with van der Waals surface area (Å²) in [6.07, 6.45) is 3.71. The van der Waals surface area contributed by atoms with E-state index in [0.29, 0.717) is 0 Å². The highest BCUT2D eigenvalue weighted by molar-refractivity contribution is 7.97. The molecule has 1 aromatic carbocycles. The second kappa shape index (κ2) is 5.59. The summed E-state index contributed by atoms with van der Waals surface area (Å²) in [7, 11) is 0. The van der Waals surface area contributed by atoms with Gasteiger partial charge in [0.1, 0.15) is 17.0 Å². The van der Waals surface area contributed by atoms with Crippen LogP contribution < -0.4 is 5.32 Å². The Bertz CT molecular complexity index is 676. The summed E-state index contributed by atoms with van der Waals surface area (Å²) >= 11 is 3.46. The summed E-state index contributed by atoms with van der Waals surface area (Å²) in [5, 5.41) is 6.46. The molecule has 5 heteroatoms. The summed E-state index contributed by atoms with van der Waals surface area (Å²) in [6.45, 7) is 0. The van der Waals surface area contributed by atoms with Crippen molar-refractivity contribution >= 4 is 44.8 Å². The van der Waals surface area contributed by atoms with Gasteiger partial charge in [0.15, 0.2) is 0 Å². The van der Waals surface area contributed by atoms with Gasteiger partial charge in [-0.05, 0) is 35.4 Å². The van der Waals surface area contributed by atoms with Crippen LogP contribution in [-0.2, 0) is 5.75 Å². The molecule has 0 aliphatic carbocycles. The van der Waals surface area contributed by atoms with Crippen LogP contribution in [0.3, 0.4) is 0 Å². The maximum absolute atomic E-state index is 4.31. The molecule has 0 atom stereocenters. The van der Waals surface area contributed by atoms with E-state index in [9.17, 15) is 0 Å². The third-order valence-electron chi connectivity index (χ3n) is 2.79. The van der Waals surface area contributed by atoms with E-state index in [4.69, 9.17) is 0 Å². The summed E-state index contributed by atoms with van der Waals surface area (Å²) in [5.41, 5.74) is 2.39. The SMILES string of the molecule is CSCc1ccc(Nc2ncnc3sccc23)cc1. The van der Waals surface area contributed by atoms with Crippen molar-refractivity contribution in [1.29, 1.82) is 0 Å². The standard InChI is InChI=1S/C14H13N3S2/c1-18-8-10-2-4-11(5-3-10)17-13-12-6-7-19-14(12)16-9-15-13/h2-7,9H,8H2,1H3,(H,15,16,17). The lowest BCUT2D eigenvalue weighted by Gasteiger charge is -2.07. The van der Waals surface area contributed by atoms with Gasteiger partial charge in [0.05, 0.1) is 5.39 Å². The first kappa shape index (κ1) is 12.4. The molecule has 3 aromatic rings. The molecule has 0 aliphatic heterocycles. The number of thiophene rings is 1. The van der Waals surface area contributed by atoms with Crippen molar-refractivity contribution in [2.24, 2.45) is 0 Å². The number of hydrogen-bond acceptors (Lipinski definition) is 5. The fourth-order valence-corrected chi connectivity index (χ4v) is 3.14. The third kappa shape index (κ3) is 2.72. The second-order valence-corrected chi connectivity index (χ2v) is 5.88. The lowest BCUT2D eigenvalue weighted by atomic mass is 10.2. The minimum atomic E-state index is 0.865. The predicted molar refractivity (Wildman–Crippen MR) is 84.4 cm³/mol.